The number of rotatable bonds is 2. The molecular weight excluding hydrogens is 214 g/mol. The number of pyridine rings is 1. The number of aromatic nitrogens is 1. The van der Waals surface area contributed by atoms with E-state index in [0.29, 0.717) is 22.4 Å². The smallest absolute Gasteiger partial charge is 0.250 e. The van der Waals surface area contributed by atoms with Gasteiger partial charge < -0.3 is 5.73 Å². The molecule has 0 aliphatic carbocycles. The van der Waals surface area contributed by atoms with Gasteiger partial charge in [-0.1, -0.05) is 12.1 Å². The molecule has 0 unspecified atom stereocenters. The zero-order chi connectivity index (χ0) is 12.3. The first-order chi connectivity index (χ1) is 8.22. The fourth-order valence-electron chi connectivity index (χ4n) is 1.57. The fraction of sp³-hybridized carbons (Fsp3) is 0. The van der Waals surface area contributed by atoms with E-state index in [-0.39, 0.29) is 0 Å². The van der Waals surface area contributed by atoms with Gasteiger partial charge in [0.05, 0.1) is 22.9 Å². The normalized spacial score (nSPS) is 9.59. The number of nitriles is 1. The largest absolute Gasteiger partial charge is 0.366 e. The second-order valence-electron chi connectivity index (χ2n) is 3.46. The van der Waals surface area contributed by atoms with Crippen LogP contribution < -0.4 is 5.73 Å². The van der Waals surface area contributed by atoms with Crippen LogP contribution in [0.2, 0.25) is 0 Å². The molecule has 1 amide bonds. The van der Waals surface area contributed by atoms with Gasteiger partial charge in [0.25, 0.3) is 5.91 Å². The van der Waals surface area contributed by atoms with E-state index in [1.54, 1.807) is 42.6 Å². The first kappa shape index (κ1) is 10.8. The second kappa shape index (κ2) is 4.45. The lowest BCUT2D eigenvalue weighted by molar-refractivity contribution is 0.100. The van der Waals surface area contributed by atoms with Gasteiger partial charge in [0.15, 0.2) is 0 Å². The monoisotopic (exact) mass is 223 g/mol. The Morgan fingerprint density at radius 3 is 2.82 bits per heavy atom. The molecule has 0 bridgehead atoms. The molecule has 0 aliphatic heterocycles. The number of hydrogen-bond donors (Lipinski definition) is 1. The molecule has 0 aliphatic rings. The van der Waals surface area contributed by atoms with Gasteiger partial charge in [-0.3, -0.25) is 9.78 Å². The Balaban J connectivity index is 2.61. The molecule has 4 nitrogen and oxygen atoms in total. The highest BCUT2D eigenvalue weighted by atomic mass is 16.1. The lowest BCUT2D eigenvalue weighted by Gasteiger charge is -2.05. The van der Waals surface area contributed by atoms with Gasteiger partial charge in [-0.25, -0.2) is 0 Å². The third kappa shape index (κ3) is 2.13. The van der Waals surface area contributed by atoms with Crippen LogP contribution in [0.4, 0.5) is 0 Å². The van der Waals surface area contributed by atoms with E-state index < -0.39 is 5.91 Å². The summed E-state index contributed by atoms with van der Waals surface area (Å²) in [5.74, 6) is -0.532. The van der Waals surface area contributed by atoms with Gasteiger partial charge in [-0.15, -0.1) is 0 Å². The number of carbonyl (C=O) groups excluding carboxylic acids is 1. The molecule has 4 heteroatoms. The Morgan fingerprint density at radius 2 is 2.12 bits per heavy atom. The van der Waals surface area contributed by atoms with Gasteiger partial charge in [-0.05, 0) is 24.3 Å². The molecule has 2 aromatic rings. The first-order valence-electron chi connectivity index (χ1n) is 4.97. The van der Waals surface area contributed by atoms with Gasteiger partial charge in [0.2, 0.25) is 0 Å². The Kier molecular flexibility index (Phi) is 2.84. The van der Waals surface area contributed by atoms with Gasteiger partial charge >= 0.3 is 0 Å². The summed E-state index contributed by atoms with van der Waals surface area (Å²) >= 11 is 0. The number of carbonyl (C=O) groups is 1. The summed E-state index contributed by atoms with van der Waals surface area (Å²) in [7, 11) is 0. The predicted molar refractivity (Wildman–Crippen MR) is 62.9 cm³/mol. The van der Waals surface area contributed by atoms with Crippen molar-refractivity contribution in [3.05, 3.63) is 53.7 Å². The minimum absolute atomic E-state index is 0.350. The summed E-state index contributed by atoms with van der Waals surface area (Å²) < 4.78 is 0. The van der Waals surface area contributed by atoms with Crippen LogP contribution in [0, 0.1) is 11.3 Å². The molecule has 0 fully saturated rings. The molecular formula is C13H9N3O. The van der Waals surface area contributed by atoms with Gasteiger partial charge in [-0.2, -0.15) is 5.26 Å². The standard InChI is InChI=1S/C13H9N3O/c14-8-9-3-1-4-10(7-9)12-11(13(15)17)5-2-6-16-12/h1-7H,(H2,15,17). The zero-order valence-electron chi connectivity index (χ0n) is 8.92. The molecule has 17 heavy (non-hydrogen) atoms. The molecule has 1 aromatic carbocycles. The van der Waals surface area contributed by atoms with Crippen molar-refractivity contribution < 1.29 is 4.79 Å². The summed E-state index contributed by atoms with van der Waals surface area (Å²) in [6, 6.07) is 12.2. The SMILES string of the molecule is N#Cc1cccc(-c2ncccc2C(N)=O)c1. The molecule has 0 saturated heterocycles. The lowest BCUT2D eigenvalue weighted by atomic mass is 10.0. The number of amides is 1. The van der Waals surface area contributed by atoms with E-state index in [1.165, 1.54) is 0 Å². The van der Waals surface area contributed by atoms with Gasteiger partial charge in [0.1, 0.15) is 0 Å². The maximum atomic E-state index is 11.3. The van der Waals surface area contributed by atoms with Crippen LogP contribution in [-0.2, 0) is 0 Å². The van der Waals surface area contributed by atoms with Crippen molar-refractivity contribution in [2.75, 3.05) is 0 Å². The Bertz CT molecular complexity index is 614. The van der Waals surface area contributed by atoms with Crippen LogP contribution in [0.1, 0.15) is 15.9 Å². The van der Waals surface area contributed by atoms with Crippen molar-refractivity contribution in [2.45, 2.75) is 0 Å². The van der Waals surface area contributed by atoms with Crippen LogP contribution in [-0.4, -0.2) is 10.9 Å². The predicted octanol–water partition coefficient (Wildman–Crippen LogP) is 1.72. The average Bonchev–Trinajstić information content (AvgIpc) is 2.39. The average molecular weight is 223 g/mol. The van der Waals surface area contributed by atoms with Crippen molar-refractivity contribution in [1.82, 2.24) is 4.98 Å². The quantitative estimate of drug-likeness (QED) is 0.841. The van der Waals surface area contributed by atoms with Crippen molar-refractivity contribution in [3.8, 4) is 17.3 Å². The van der Waals surface area contributed by atoms with E-state index in [2.05, 4.69) is 4.98 Å². The molecule has 0 spiro atoms. The Labute approximate surface area is 98.3 Å². The molecule has 1 heterocycles. The van der Waals surface area contributed by atoms with E-state index in [9.17, 15) is 4.79 Å². The number of benzene rings is 1. The van der Waals surface area contributed by atoms with E-state index >= 15 is 0 Å². The Hall–Kier alpha value is -2.67. The van der Waals surface area contributed by atoms with E-state index in [1.807, 2.05) is 6.07 Å². The van der Waals surface area contributed by atoms with Crippen LogP contribution in [0.3, 0.4) is 0 Å². The molecule has 0 radical (unpaired) electrons. The molecule has 0 atom stereocenters. The fourth-order valence-corrected chi connectivity index (χ4v) is 1.57. The lowest BCUT2D eigenvalue weighted by Crippen LogP contribution is -2.13. The van der Waals surface area contributed by atoms with Crippen molar-refractivity contribution >= 4 is 5.91 Å². The molecule has 2 rings (SSSR count). The zero-order valence-corrected chi connectivity index (χ0v) is 8.92. The van der Waals surface area contributed by atoms with Crippen LogP contribution >= 0.6 is 0 Å². The van der Waals surface area contributed by atoms with Crippen LogP contribution in [0.15, 0.2) is 42.6 Å². The minimum atomic E-state index is -0.532. The number of hydrogen-bond acceptors (Lipinski definition) is 3. The molecule has 1 aromatic heterocycles. The molecule has 2 N–H and O–H groups in total. The third-order valence-electron chi connectivity index (χ3n) is 2.34. The summed E-state index contributed by atoms with van der Waals surface area (Å²) in [4.78, 5) is 15.4. The number of nitrogens with zero attached hydrogens (tertiary/aromatic N) is 2. The minimum Gasteiger partial charge on any atom is -0.366 e. The van der Waals surface area contributed by atoms with E-state index in [0.717, 1.165) is 0 Å². The highest BCUT2D eigenvalue weighted by molar-refractivity contribution is 5.98. The first-order valence-corrected chi connectivity index (χ1v) is 4.97. The summed E-state index contributed by atoms with van der Waals surface area (Å²) in [6.07, 6.45) is 1.58. The van der Waals surface area contributed by atoms with Crippen molar-refractivity contribution in [2.24, 2.45) is 5.73 Å². The molecule has 82 valence electrons. The van der Waals surface area contributed by atoms with E-state index in [4.69, 9.17) is 11.0 Å². The molecule has 0 saturated carbocycles. The summed E-state index contributed by atoms with van der Waals surface area (Å²) in [5.41, 5.74) is 7.35. The summed E-state index contributed by atoms with van der Waals surface area (Å²) in [6.45, 7) is 0. The highest BCUT2D eigenvalue weighted by Gasteiger charge is 2.10. The van der Waals surface area contributed by atoms with Crippen LogP contribution in [0.25, 0.3) is 11.3 Å². The summed E-state index contributed by atoms with van der Waals surface area (Å²) in [5, 5.41) is 8.83. The van der Waals surface area contributed by atoms with Crippen molar-refractivity contribution in [1.29, 1.82) is 5.26 Å². The second-order valence-corrected chi connectivity index (χ2v) is 3.46. The number of primary amides is 1. The maximum absolute atomic E-state index is 11.3. The third-order valence-corrected chi connectivity index (χ3v) is 2.34. The Morgan fingerprint density at radius 1 is 1.29 bits per heavy atom. The maximum Gasteiger partial charge on any atom is 0.250 e. The van der Waals surface area contributed by atoms with Crippen molar-refractivity contribution in [3.63, 3.8) is 0 Å². The van der Waals surface area contributed by atoms with Crippen LogP contribution in [0.5, 0.6) is 0 Å². The number of nitrogens with two attached hydrogens (primary N) is 1. The van der Waals surface area contributed by atoms with Gasteiger partial charge in [0, 0.05) is 11.8 Å². The topological polar surface area (TPSA) is 79.8 Å². The highest BCUT2D eigenvalue weighted by Crippen LogP contribution is 2.21.